The number of benzene rings is 1. The molecule has 1 fully saturated rings. The van der Waals surface area contributed by atoms with Crippen molar-refractivity contribution < 1.29 is 13.5 Å². The fourth-order valence-electron chi connectivity index (χ4n) is 2.70. The van der Waals surface area contributed by atoms with Crippen molar-refractivity contribution in [3.8, 4) is 0 Å². The Kier molecular flexibility index (Phi) is 7.13. The van der Waals surface area contributed by atoms with Gasteiger partial charge in [-0.3, -0.25) is 0 Å². The van der Waals surface area contributed by atoms with Gasteiger partial charge in [0.25, 0.3) is 6.43 Å². The number of ether oxygens (including phenoxy) is 1. The van der Waals surface area contributed by atoms with Crippen molar-refractivity contribution in [3.05, 3.63) is 35.4 Å². The van der Waals surface area contributed by atoms with Gasteiger partial charge in [-0.2, -0.15) is 5.10 Å². The molecule has 0 amide bonds. The lowest BCUT2D eigenvalue weighted by Gasteiger charge is -2.14. The SMILES string of the molecule is C=N/N=C(\OCC(F)F)c1ccc(CCCN2CCCC2)cc1. The third-order valence-electron chi connectivity index (χ3n) is 3.85. The summed E-state index contributed by atoms with van der Waals surface area (Å²) in [5.74, 6) is 0.0731. The number of likely N-dealkylation sites (tertiary alicyclic amines) is 1. The van der Waals surface area contributed by atoms with E-state index in [1.54, 1.807) is 0 Å². The lowest BCUT2D eigenvalue weighted by molar-refractivity contribution is 0.0765. The lowest BCUT2D eigenvalue weighted by atomic mass is 10.1. The summed E-state index contributed by atoms with van der Waals surface area (Å²) in [6.45, 7) is 6.10. The minimum Gasteiger partial charge on any atom is -0.470 e. The second-order valence-corrected chi connectivity index (χ2v) is 5.60. The fourth-order valence-corrected chi connectivity index (χ4v) is 2.70. The smallest absolute Gasteiger partial charge is 0.272 e. The number of nitrogens with zero attached hydrogens (tertiary/aromatic N) is 3. The average molecular weight is 323 g/mol. The van der Waals surface area contributed by atoms with Gasteiger partial charge in [0.1, 0.15) is 0 Å². The van der Waals surface area contributed by atoms with Crippen LogP contribution < -0.4 is 0 Å². The van der Waals surface area contributed by atoms with Gasteiger partial charge in [-0.25, -0.2) is 8.78 Å². The molecule has 2 rings (SSSR count). The van der Waals surface area contributed by atoms with Gasteiger partial charge >= 0.3 is 0 Å². The maximum absolute atomic E-state index is 12.3. The van der Waals surface area contributed by atoms with Gasteiger partial charge in [-0.05, 0) is 63.0 Å². The van der Waals surface area contributed by atoms with Gasteiger partial charge in [-0.1, -0.05) is 12.1 Å². The fraction of sp³-hybridized carbons (Fsp3) is 0.529. The van der Waals surface area contributed by atoms with Gasteiger partial charge < -0.3 is 9.64 Å². The highest BCUT2D eigenvalue weighted by atomic mass is 19.3. The van der Waals surface area contributed by atoms with E-state index in [-0.39, 0.29) is 5.90 Å². The van der Waals surface area contributed by atoms with E-state index >= 15 is 0 Å². The summed E-state index contributed by atoms with van der Waals surface area (Å²) >= 11 is 0. The highest BCUT2D eigenvalue weighted by molar-refractivity contribution is 5.94. The molecule has 0 spiro atoms. The topological polar surface area (TPSA) is 37.2 Å². The normalized spacial score (nSPS) is 16.0. The van der Waals surface area contributed by atoms with E-state index in [9.17, 15) is 8.78 Å². The summed E-state index contributed by atoms with van der Waals surface area (Å²) in [5, 5.41) is 7.05. The quantitative estimate of drug-likeness (QED) is 0.418. The van der Waals surface area contributed by atoms with E-state index in [4.69, 9.17) is 4.74 Å². The summed E-state index contributed by atoms with van der Waals surface area (Å²) in [5.41, 5.74) is 1.84. The first-order valence-electron chi connectivity index (χ1n) is 7.95. The summed E-state index contributed by atoms with van der Waals surface area (Å²) < 4.78 is 29.5. The van der Waals surface area contributed by atoms with Crippen molar-refractivity contribution in [1.82, 2.24) is 4.90 Å². The first kappa shape index (κ1) is 17.5. The van der Waals surface area contributed by atoms with Crippen molar-refractivity contribution >= 4 is 12.6 Å². The number of aryl methyl sites for hydroxylation is 1. The molecule has 6 heteroatoms. The van der Waals surface area contributed by atoms with Gasteiger partial charge in [0.2, 0.25) is 5.90 Å². The highest BCUT2D eigenvalue weighted by Gasteiger charge is 2.11. The molecule has 23 heavy (non-hydrogen) atoms. The number of hydrogen-bond donors (Lipinski definition) is 0. The third-order valence-corrected chi connectivity index (χ3v) is 3.85. The predicted octanol–water partition coefficient (Wildman–Crippen LogP) is 3.36. The zero-order valence-electron chi connectivity index (χ0n) is 13.3. The van der Waals surface area contributed by atoms with Crippen LogP contribution in [0.5, 0.6) is 0 Å². The molecule has 1 aliphatic heterocycles. The molecule has 0 bridgehead atoms. The van der Waals surface area contributed by atoms with Crippen molar-refractivity contribution in [1.29, 1.82) is 0 Å². The molecule has 126 valence electrons. The standard InChI is InChI=1S/C17H23F2N3O/c1-20-21-17(23-13-16(18)19)15-8-6-14(7-9-15)5-4-12-22-10-2-3-11-22/h6-9,16H,1-5,10-13H2/b21-17-. The Morgan fingerprint density at radius 2 is 1.91 bits per heavy atom. The van der Waals surface area contributed by atoms with Gasteiger partial charge in [0, 0.05) is 12.3 Å². The number of halogens is 2. The summed E-state index contributed by atoms with van der Waals surface area (Å²) in [6, 6.07) is 7.59. The minimum absolute atomic E-state index is 0.0731. The molecule has 1 aromatic rings. The molecule has 0 atom stereocenters. The Balaban J connectivity index is 1.86. The first-order chi connectivity index (χ1) is 11.2. The number of rotatable bonds is 8. The van der Waals surface area contributed by atoms with E-state index < -0.39 is 13.0 Å². The van der Waals surface area contributed by atoms with Crippen LogP contribution in [0.2, 0.25) is 0 Å². The number of hydrogen-bond acceptors (Lipinski definition) is 4. The van der Waals surface area contributed by atoms with E-state index in [1.807, 2.05) is 24.3 Å². The second kappa shape index (κ2) is 9.35. The molecule has 0 unspecified atom stereocenters. The van der Waals surface area contributed by atoms with Crippen LogP contribution in [0.15, 0.2) is 34.5 Å². The Hall–Kier alpha value is -1.82. The van der Waals surface area contributed by atoms with Crippen molar-refractivity contribution in [2.75, 3.05) is 26.2 Å². The molecule has 1 aromatic carbocycles. The van der Waals surface area contributed by atoms with Crippen LogP contribution in [0.3, 0.4) is 0 Å². The second-order valence-electron chi connectivity index (χ2n) is 5.60. The van der Waals surface area contributed by atoms with E-state index in [0.717, 1.165) is 19.4 Å². The summed E-state index contributed by atoms with van der Waals surface area (Å²) in [6.07, 6.45) is 2.20. The van der Waals surface area contributed by atoms with E-state index in [1.165, 1.54) is 31.5 Å². The Morgan fingerprint density at radius 3 is 2.52 bits per heavy atom. The molecule has 4 nitrogen and oxygen atoms in total. The maximum Gasteiger partial charge on any atom is 0.272 e. The van der Waals surface area contributed by atoms with Crippen molar-refractivity contribution in [3.63, 3.8) is 0 Å². The maximum atomic E-state index is 12.3. The minimum atomic E-state index is -2.55. The van der Waals surface area contributed by atoms with Crippen LogP contribution >= 0.6 is 0 Å². The molecule has 1 aliphatic rings. The Labute approximate surface area is 135 Å². The molecule has 1 heterocycles. The van der Waals surface area contributed by atoms with Crippen LogP contribution in [0.1, 0.15) is 30.4 Å². The molecule has 0 aliphatic carbocycles. The molecule has 0 N–H and O–H groups in total. The highest BCUT2D eigenvalue weighted by Crippen LogP contribution is 2.12. The van der Waals surface area contributed by atoms with E-state index in [0.29, 0.717) is 5.56 Å². The Bertz CT molecular complexity index is 511. The van der Waals surface area contributed by atoms with Crippen LogP contribution in [0.25, 0.3) is 0 Å². The molecular formula is C17H23F2N3O. The summed E-state index contributed by atoms with van der Waals surface area (Å²) in [7, 11) is 0. The molecule has 0 radical (unpaired) electrons. The molecule has 0 saturated carbocycles. The Morgan fingerprint density at radius 1 is 1.22 bits per heavy atom. The van der Waals surface area contributed by atoms with Gasteiger partial charge in [0.05, 0.1) is 0 Å². The number of alkyl halides is 2. The molecule has 0 aromatic heterocycles. The lowest BCUT2D eigenvalue weighted by Crippen LogP contribution is -2.20. The van der Waals surface area contributed by atoms with Gasteiger partial charge in [0.15, 0.2) is 6.61 Å². The molecule has 1 saturated heterocycles. The van der Waals surface area contributed by atoms with Crippen LogP contribution in [0, 0.1) is 0 Å². The van der Waals surface area contributed by atoms with Crippen molar-refractivity contribution in [2.24, 2.45) is 10.2 Å². The van der Waals surface area contributed by atoms with Gasteiger partial charge in [-0.15, -0.1) is 5.10 Å². The van der Waals surface area contributed by atoms with Crippen LogP contribution in [0.4, 0.5) is 8.78 Å². The molecular weight excluding hydrogens is 300 g/mol. The van der Waals surface area contributed by atoms with Crippen LogP contribution in [-0.4, -0.2) is 50.2 Å². The van der Waals surface area contributed by atoms with E-state index in [2.05, 4.69) is 21.8 Å². The predicted molar refractivity (Wildman–Crippen MR) is 88.5 cm³/mol. The zero-order valence-corrected chi connectivity index (χ0v) is 13.3. The van der Waals surface area contributed by atoms with Crippen molar-refractivity contribution in [2.45, 2.75) is 32.1 Å². The third kappa shape index (κ3) is 6.06. The van der Waals surface area contributed by atoms with Crippen LogP contribution in [-0.2, 0) is 11.2 Å². The zero-order chi connectivity index (χ0) is 16.5. The largest absolute Gasteiger partial charge is 0.470 e. The first-order valence-corrected chi connectivity index (χ1v) is 7.95. The summed E-state index contributed by atoms with van der Waals surface area (Å²) in [4.78, 5) is 2.49. The monoisotopic (exact) mass is 323 g/mol. The average Bonchev–Trinajstić information content (AvgIpc) is 3.05.